The number of halogens is 1. The van der Waals surface area contributed by atoms with Crippen molar-refractivity contribution >= 4 is 40.9 Å². The first-order valence-corrected chi connectivity index (χ1v) is 8.46. The van der Waals surface area contributed by atoms with Crippen LogP contribution < -0.4 is 15.8 Å². The molecule has 1 aliphatic heterocycles. The van der Waals surface area contributed by atoms with Crippen LogP contribution in [-0.2, 0) is 9.59 Å². The summed E-state index contributed by atoms with van der Waals surface area (Å²) in [5.41, 5.74) is 5.71. The third-order valence-corrected chi connectivity index (χ3v) is 4.59. The molecular formula is C19H22ClN3O4. The van der Waals surface area contributed by atoms with E-state index >= 15 is 0 Å². The number of carbonyl (C=O) groups is 3. The predicted molar refractivity (Wildman–Crippen MR) is 104 cm³/mol. The maximum Gasteiger partial charge on any atom is 0.258 e. The van der Waals surface area contributed by atoms with Crippen molar-refractivity contribution in [1.29, 1.82) is 0 Å². The number of fused-ring (bicyclic) bond motifs is 1. The number of methoxy groups -OCH3 is 1. The van der Waals surface area contributed by atoms with Crippen molar-refractivity contribution in [3.8, 4) is 5.75 Å². The Labute approximate surface area is 163 Å². The molecule has 27 heavy (non-hydrogen) atoms. The van der Waals surface area contributed by atoms with E-state index in [4.69, 9.17) is 10.5 Å². The van der Waals surface area contributed by atoms with Crippen LogP contribution in [0.5, 0.6) is 5.75 Å². The predicted octanol–water partition coefficient (Wildman–Crippen LogP) is 1.48. The van der Waals surface area contributed by atoms with Crippen LogP contribution in [0.3, 0.4) is 0 Å². The van der Waals surface area contributed by atoms with Crippen LogP contribution in [0.2, 0.25) is 0 Å². The van der Waals surface area contributed by atoms with E-state index in [-0.39, 0.29) is 24.9 Å². The average molecular weight is 392 g/mol. The maximum atomic E-state index is 12.6. The fourth-order valence-corrected chi connectivity index (χ4v) is 3.30. The van der Waals surface area contributed by atoms with Crippen molar-refractivity contribution in [1.82, 2.24) is 10.2 Å². The van der Waals surface area contributed by atoms with E-state index in [9.17, 15) is 14.4 Å². The van der Waals surface area contributed by atoms with Crippen LogP contribution in [-0.4, -0.2) is 48.9 Å². The standard InChI is InChI=1S/C19H21N3O4.ClH/c1-26-16-10-13(9-12-5-2-3-6-14(12)16)18(24)21-19(25)15-7-4-8-22(15)17(23)11-20;/h2-3,5-6,9-10,15H,4,7-8,11,20H2,1H3,(H,21,24,25);1H. The van der Waals surface area contributed by atoms with Gasteiger partial charge in [0.1, 0.15) is 11.8 Å². The Bertz CT molecular complexity index is 871. The third-order valence-electron chi connectivity index (χ3n) is 4.59. The highest BCUT2D eigenvalue weighted by Gasteiger charge is 2.34. The van der Waals surface area contributed by atoms with Crippen LogP contribution in [0.15, 0.2) is 36.4 Å². The zero-order valence-electron chi connectivity index (χ0n) is 14.9. The second kappa shape index (κ2) is 8.83. The minimum atomic E-state index is -0.655. The molecule has 0 aromatic heterocycles. The Kier molecular flexibility index (Phi) is 6.76. The Morgan fingerprint density at radius 2 is 2.00 bits per heavy atom. The van der Waals surface area contributed by atoms with Crippen molar-refractivity contribution in [2.75, 3.05) is 20.2 Å². The summed E-state index contributed by atoms with van der Waals surface area (Å²) in [5, 5.41) is 4.12. The first kappa shape index (κ1) is 20.7. The number of carbonyl (C=O) groups excluding carboxylic acids is 3. The van der Waals surface area contributed by atoms with Gasteiger partial charge in [-0.25, -0.2) is 0 Å². The molecule has 1 fully saturated rings. The quantitative estimate of drug-likeness (QED) is 0.768. The van der Waals surface area contributed by atoms with Crippen LogP contribution >= 0.6 is 12.4 Å². The van der Waals surface area contributed by atoms with Crippen molar-refractivity contribution in [2.45, 2.75) is 18.9 Å². The lowest BCUT2D eigenvalue weighted by Gasteiger charge is -2.23. The highest BCUT2D eigenvalue weighted by atomic mass is 35.5. The van der Waals surface area contributed by atoms with Gasteiger partial charge in [-0.3, -0.25) is 19.7 Å². The number of hydrogen-bond donors (Lipinski definition) is 2. The van der Waals surface area contributed by atoms with E-state index in [0.717, 1.165) is 10.8 Å². The maximum absolute atomic E-state index is 12.6. The number of hydrogen-bond acceptors (Lipinski definition) is 5. The van der Waals surface area contributed by atoms with Gasteiger partial charge >= 0.3 is 0 Å². The Morgan fingerprint density at radius 1 is 1.26 bits per heavy atom. The highest BCUT2D eigenvalue weighted by molar-refractivity contribution is 6.09. The summed E-state index contributed by atoms with van der Waals surface area (Å²) < 4.78 is 5.35. The van der Waals surface area contributed by atoms with Gasteiger partial charge < -0.3 is 15.4 Å². The Balaban J connectivity index is 0.00000261. The second-order valence-corrected chi connectivity index (χ2v) is 6.17. The van der Waals surface area contributed by atoms with Crippen LogP contribution in [0.1, 0.15) is 23.2 Å². The zero-order valence-corrected chi connectivity index (χ0v) is 15.8. The van der Waals surface area contributed by atoms with Crippen molar-refractivity contribution in [3.05, 3.63) is 42.0 Å². The summed E-state index contributed by atoms with van der Waals surface area (Å²) in [4.78, 5) is 38.3. The van der Waals surface area contributed by atoms with Crippen LogP contribution in [0, 0.1) is 0 Å². The molecule has 1 saturated heterocycles. The minimum absolute atomic E-state index is 0. The van der Waals surface area contributed by atoms with E-state index in [0.29, 0.717) is 30.7 Å². The minimum Gasteiger partial charge on any atom is -0.496 e. The number of nitrogens with one attached hydrogen (secondary N) is 1. The number of nitrogens with zero attached hydrogens (tertiary/aromatic N) is 1. The summed E-state index contributed by atoms with van der Waals surface area (Å²) in [6, 6.07) is 10.2. The second-order valence-electron chi connectivity index (χ2n) is 6.17. The van der Waals surface area contributed by atoms with Crippen molar-refractivity contribution < 1.29 is 19.1 Å². The zero-order chi connectivity index (χ0) is 18.7. The monoisotopic (exact) mass is 391 g/mol. The summed E-state index contributed by atoms with van der Waals surface area (Å²) >= 11 is 0. The number of likely N-dealkylation sites (tertiary alicyclic amines) is 1. The number of imide groups is 1. The van der Waals surface area contributed by atoms with Crippen LogP contribution in [0.25, 0.3) is 10.8 Å². The Hall–Kier alpha value is -2.64. The normalized spacial score (nSPS) is 15.9. The summed E-state index contributed by atoms with van der Waals surface area (Å²) in [5.74, 6) is -0.739. The lowest BCUT2D eigenvalue weighted by Crippen LogP contribution is -2.49. The molecule has 0 spiro atoms. The Morgan fingerprint density at radius 3 is 2.70 bits per heavy atom. The number of rotatable bonds is 4. The van der Waals surface area contributed by atoms with Gasteiger partial charge in [-0.2, -0.15) is 0 Å². The van der Waals surface area contributed by atoms with Gasteiger partial charge in [0.05, 0.1) is 13.7 Å². The first-order valence-electron chi connectivity index (χ1n) is 8.46. The molecule has 2 aromatic rings. The average Bonchev–Trinajstić information content (AvgIpc) is 3.16. The number of amides is 3. The molecule has 1 heterocycles. The summed E-state index contributed by atoms with van der Waals surface area (Å²) in [6.07, 6.45) is 1.23. The smallest absolute Gasteiger partial charge is 0.258 e. The van der Waals surface area contributed by atoms with E-state index in [1.807, 2.05) is 24.3 Å². The van der Waals surface area contributed by atoms with Gasteiger partial charge in [-0.05, 0) is 30.4 Å². The van der Waals surface area contributed by atoms with Crippen LogP contribution in [0.4, 0.5) is 0 Å². The molecule has 1 aliphatic rings. The molecule has 1 unspecified atom stereocenters. The van der Waals surface area contributed by atoms with E-state index in [2.05, 4.69) is 5.32 Å². The molecule has 144 valence electrons. The molecule has 0 bridgehead atoms. The molecule has 2 aromatic carbocycles. The lowest BCUT2D eigenvalue weighted by molar-refractivity contribution is -0.137. The number of benzene rings is 2. The SMILES string of the molecule is COc1cc(C(=O)NC(=O)C2CCCN2C(=O)CN)cc2ccccc12.Cl. The fourth-order valence-electron chi connectivity index (χ4n) is 3.30. The molecular weight excluding hydrogens is 370 g/mol. The van der Waals surface area contributed by atoms with Gasteiger partial charge in [-0.1, -0.05) is 24.3 Å². The van der Waals surface area contributed by atoms with Gasteiger partial charge in [-0.15, -0.1) is 12.4 Å². The van der Waals surface area contributed by atoms with Crippen molar-refractivity contribution in [3.63, 3.8) is 0 Å². The molecule has 7 nitrogen and oxygen atoms in total. The van der Waals surface area contributed by atoms with E-state index in [1.54, 1.807) is 12.1 Å². The van der Waals surface area contributed by atoms with Gasteiger partial charge in [0.15, 0.2) is 0 Å². The highest BCUT2D eigenvalue weighted by Crippen LogP contribution is 2.27. The number of ether oxygens (including phenoxy) is 1. The van der Waals surface area contributed by atoms with Gasteiger partial charge in [0.2, 0.25) is 11.8 Å². The topological polar surface area (TPSA) is 102 Å². The fraction of sp³-hybridized carbons (Fsp3) is 0.316. The third kappa shape index (κ3) is 4.20. The molecule has 0 radical (unpaired) electrons. The van der Waals surface area contributed by atoms with Gasteiger partial charge in [0.25, 0.3) is 5.91 Å². The van der Waals surface area contributed by atoms with Crippen molar-refractivity contribution in [2.24, 2.45) is 5.73 Å². The van der Waals surface area contributed by atoms with E-state index < -0.39 is 17.9 Å². The molecule has 0 aliphatic carbocycles. The number of nitrogens with two attached hydrogens (primary N) is 1. The molecule has 0 saturated carbocycles. The lowest BCUT2D eigenvalue weighted by atomic mass is 10.1. The largest absolute Gasteiger partial charge is 0.496 e. The first-order chi connectivity index (χ1) is 12.5. The molecule has 3 amide bonds. The van der Waals surface area contributed by atoms with Gasteiger partial charge in [0, 0.05) is 17.5 Å². The molecule has 1 atom stereocenters. The molecule has 3 N–H and O–H groups in total. The molecule has 3 rings (SSSR count). The van der Waals surface area contributed by atoms with E-state index in [1.165, 1.54) is 12.0 Å². The molecule has 8 heteroatoms. The summed E-state index contributed by atoms with van der Waals surface area (Å²) in [6.45, 7) is 0.325. The summed E-state index contributed by atoms with van der Waals surface area (Å²) in [7, 11) is 1.53.